The van der Waals surface area contributed by atoms with Crippen LogP contribution in [0.15, 0.2) is 0 Å². The fourth-order valence-corrected chi connectivity index (χ4v) is 2.75. The van der Waals surface area contributed by atoms with Crippen molar-refractivity contribution in [1.82, 2.24) is 4.90 Å². The van der Waals surface area contributed by atoms with Gasteiger partial charge in [-0.25, -0.2) is 0 Å². The topological polar surface area (TPSA) is 66.8 Å². The van der Waals surface area contributed by atoms with E-state index in [0.717, 1.165) is 25.8 Å². The number of aliphatic carboxylic acids is 1. The molecule has 1 heterocycles. The van der Waals surface area contributed by atoms with Crippen molar-refractivity contribution in [3.05, 3.63) is 0 Å². The van der Waals surface area contributed by atoms with Gasteiger partial charge in [0.25, 0.3) is 5.91 Å². The van der Waals surface area contributed by atoms with Gasteiger partial charge in [0.15, 0.2) is 0 Å². The third-order valence-electron chi connectivity index (χ3n) is 4.23. The number of carboxylic acid groups (broad SMARTS) is 1. The first kappa shape index (κ1) is 15.3. The van der Waals surface area contributed by atoms with Gasteiger partial charge >= 0.3 is 5.97 Å². The maximum Gasteiger partial charge on any atom is 0.303 e. The minimum Gasteiger partial charge on any atom is -0.481 e. The summed E-state index contributed by atoms with van der Waals surface area (Å²) in [4.78, 5) is 25.0. The Balaban J connectivity index is 1.84. The lowest BCUT2D eigenvalue weighted by molar-refractivity contribution is -0.148. The molecule has 1 aliphatic carbocycles. The van der Waals surface area contributed by atoms with E-state index in [1.54, 1.807) is 0 Å². The lowest BCUT2D eigenvalue weighted by atomic mass is 9.97. The van der Waals surface area contributed by atoms with E-state index in [4.69, 9.17) is 9.84 Å². The van der Waals surface area contributed by atoms with Crippen LogP contribution in [0, 0.1) is 5.92 Å². The van der Waals surface area contributed by atoms with E-state index < -0.39 is 12.1 Å². The summed E-state index contributed by atoms with van der Waals surface area (Å²) >= 11 is 0. The van der Waals surface area contributed by atoms with Crippen molar-refractivity contribution in [2.75, 3.05) is 13.2 Å². The highest BCUT2D eigenvalue weighted by atomic mass is 16.5. The van der Waals surface area contributed by atoms with E-state index in [9.17, 15) is 9.59 Å². The van der Waals surface area contributed by atoms with Crippen molar-refractivity contribution >= 4 is 11.9 Å². The molecule has 5 heteroatoms. The molecule has 2 atom stereocenters. The number of amides is 1. The summed E-state index contributed by atoms with van der Waals surface area (Å²) in [5.41, 5.74) is 0. The molecule has 1 N–H and O–H groups in total. The first-order valence-corrected chi connectivity index (χ1v) is 7.72. The van der Waals surface area contributed by atoms with Gasteiger partial charge in [0, 0.05) is 19.0 Å². The second kappa shape index (κ2) is 7.07. The van der Waals surface area contributed by atoms with Crippen LogP contribution >= 0.6 is 0 Å². The van der Waals surface area contributed by atoms with E-state index >= 15 is 0 Å². The molecular weight excluding hydrogens is 258 g/mol. The van der Waals surface area contributed by atoms with Gasteiger partial charge in [-0.3, -0.25) is 9.59 Å². The number of carboxylic acids is 1. The molecule has 2 rings (SSSR count). The van der Waals surface area contributed by atoms with E-state index in [1.165, 1.54) is 12.8 Å². The molecule has 1 aliphatic heterocycles. The summed E-state index contributed by atoms with van der Waals surface area (Å²) in [6, 6.07) is 0.0688. The monoisotopic (exact) mass is 283 g/mol. The number of piperidine rings is 1. The number of hydrogen-bond donors (Lipinski definition) is 1. The number of hydrogen-bond acceptors (Lipinski definition) is 3. The Kier molecular flexibility index (Phi) is 5.40. The largest absolute Gasteiger partial charge is 0.481 e. The van der Waals surface area contributed by atoms with Crippen LogP contribution in [0.3, 0.4) is 0 Å². The van der Waals surface area contributed by atoms with Crippen LogP contribution in [0.2, 0.25) is 0 Å². The van der Waals surface area contributed by atoms with Crippen molar-refractivity contribution in [2.45, 2.75) is 64.0 Å². The maximum absolute atomic E-state index is 12.4. The molecule has 5 nitrogen and oxygen atoms in total. The van der Waals surface area contributed by atoms with E-state index in [1.807, 2.05) is 11.8 Å². The Hall–Kier alpha value is -1.10. The standard InChI is InChI=1S/C15H25NO4/c1-11(20-10-12-5-6-12)15(19)16-9-3-2-4-13(16)7-8-14(17)18/h11-13H,2-10H2,1H3,(H,17,18)/t11-,13+/m0/s1. The van der Waals surface area contributed by atoms with Crippen LogP contribution in [-0.4, -0.2) is 47.2 Å². The van der Waals surface area contributed by atoms with E-state index in [2.05, 4.69) is 0 Å². The Bertz CT molecular complexity index is 354. The molecule has 114 valence electrons. The zero-order chi connectivity index (χ0) is 14.5. The quantitative estimate of drug-likeness (QED) is 0.776. The summed E-state index contributed by atoms with van der Waals surface area (Å²) in [5, 5.41) is 8.80. The highest BCUT2D eigenvalue weighted by molar-refractivity contribution is 5.81. The van der Waals surface area contributed by atoms with Crippen LogP contribution in [0.5, 0.6) is 0 Å². The summed E-state index contributed by atoms with van der Waals surface area (Å²) < 4.78 is 5.65. The van der Waals surface area contributed by atoms with Gasteiger partial charge in [-0.1, -0.05) is 0 Å². The molecule has 1 amide bonds. The van der Waals surface area contributed by atoms with Crippen LogP contribution in [-0.2, 0) is 14.3 Å². The van der Waals surface area contributed by atoms with Crippen molar-refractivity contribution in [1.29, 1.82) is 0 Å². The predicted octanol–water partition coefficient (Wildman–Crippen LogP) is 2.05. The Labute approximate surface area is 120 Å². The van der Waals surface area contributed by atoms with E-state index in [-0.39, 0.29) is 18.4 Å². The van der Waals surface area contributed by atoms with Gasteiger partial charge in [-0.2, -0.15) is 0 Å². The average Bonchev–Trinajstić information content (AvgIpc) is 3.26. The van der Waals surface area contributed by atoms with Gasteiger partial charge in [0.05, 0.1) is 6.61 Å². The van der Waals surface area contributed by atoms with Crippen LogP contribution in [0.25, 0.3) is 0 Å². The molecule has 0 spiro atoms. The molecule has 0 aromatic rings. The zero-order valence-electron chi connectivity index (χ0n) is 12.2. The lowest BCUT2D eigenvalue weighted by Gasteiger charge is -2.37. The smallest absolute Gasteiger partial charge is 0.303 e. The minimum absolute atomic E-state index is 0.0285. The minimum atomic E-state index is -0.791. The van der Waals surface area contributed by atoms with Gasteiger partial charge in [0.1, 0.15) is 6.10 Å². The SMILES string of the molecule is C[C@H](OCC1CC1)C(=O)N1CCCC[C@@H]1CCC(=O)O. The lowest BCUT2D eigenvalue weighted by Crippen LogP contribution is -2.48. The van der Waals surface area contributed by atoms with Gasteiger partial charge in [-0.05, 0) is 51.4 Å². The molecule has 1 saturated heterocycles. The summed E-state index contributed by atoms with van der Waals surface area (Å²) in [6.07, 6.45) is 5.70. The normalized spacial score (nSPS) is 24.4. The highest BCUT2D eigenvalue weighted by Crippen LogP contribution is 2.29. The molecule has 0 radical (unpaired) electrons. The molecule has 0 unspecified atom stereocenters. The third kappa shape index (κ3) is 4.47. The van der Waals surface area contributed by atoms with Gasteiger partial charge in [-0.15, -0.1) is 0 Å². The summed E-state index contributed by atoms with van der Waals surface area (Å²) in [7, 11) is 0. The molecule has 0 aromatic carbocycles. The van der Waals surface area contributed by atoms with Crippen LogP contribution < -0.4 is 0 Å². The van der Waals surface area contributed by atoms with Crippen LogP contribution in [0.1, 0.15) is 51.9 Å². The van der Waals surface area contributed by atoms with Crippen molar-refractivity contribution < 1.29 is 19.4 Å². The molecule has 0 aromatic heterocycles. The summed E-state index contributed by atoms with van der Waals surface area (Å²) in [6.45, 7) is 3.23. The first-order valence-electron chi connectivity index (χ1n) is 7.72. The average molecular weight is 283 g/mol. The number of carbonyl (C=O) groups is 2. The van der Waals surface area contributed by atoms with Gasteiger partial charge in [0.2, 0.25) is 0 Å². The molecule has 2 fully saturated rings. The number of ether oxygens (including phenoxy) is 1. The molecule has 2 aliphatic rings. The maximum atomic E-state index is 12.4. The van der Waals surface area contributed by atoms with Crippen LogP contribution in [0.4, 0.5) is 0 Å². The molecule has 0 bridgehead atoms. The Morgan fingerprint density at radius 1 is 1.30 bits per heavy atom. The van der Waals surface area contributed by atoms with E-state index in [0.29, 0.717) is 18.9 Å². The predicted molar refractivity (Wildman–Crippen MR) is 74.4 cm³/mol. The third-order valence-corrected chi connectivity index (χ3v) is 4.23. The Morgan fingerprint density at radius 3 is 2.70 bits per heavy atom. The number of rotatable bonds is 7. The zero-order valence-corrected chi connectivity index (χ0v) is 12.2. The van der Waals surface area contributed by atoms with Crippen molar-refractivity contribution in [2.24, 2.45) is 5.92 Å². The number of carbonyl (C=O) groups excluding carboxylic acids is 1. The second-order valence-electron chi connectivity index (χ2n) is 6.03. The van der Waals surface area contributed by atoms with Crippen molar-refractivity contribution in [3.8, 4) is 0 Å². The second-order valence-corrected chi connectivity index (χ2v) is 6.03. The van der Waals surface area contributed by atoms with Gasteiger partial charge < -0.3 is 14.7 Å². The highest BCUT2D eigenvalue weighted by Gasteiger charge is 2.31. The molecular formula is C15H25NO4. The fourth-order valence-electron chi connectivity index (χ4n) is 2.75. The fraction of sp³-hybridized carbons (Fsp3) is 0.867. The molecule has 1 saturated carbocycles. The first-order chi connectivity index (χ1) is 9.58. The van der Waals surface area contributed by atoms with Crippen molar-refractivity contribution in [3.63, 3.8) is 0 Å². The summed E-state index contributed by atoms with van der Waals surface area (Å²) in [5.74, 6) is -0.115. The number of nitrogens with zero attached hydrogens (tertiary/aromatic N) is 1. The Morgan fingerprint density at radius 2 is 2.05 bits per heavy atom. The molecule has 20 heavy (non-hydrogen) atoms. The number of likely N-dealkylation sites (tertiary alicyclic amines) is 1.